The van der Waals surface area contributed by atoms with Gasteiger partial charge in [0.25, 0.3) is 0 Å². The van der Waals surface area contributed by atoms with Gasteiger partial charge in [-0.05, 0) is 12.1 Å². The lowest BCUT2D eigenvalue weighted by Crippen LogP contribution is -2.12. The average molecular weight is 239 g/mol. The summed E-state index contributed by atoms with van der Waals surface area (Å²) in [7, 11) is 0. The largest absolute Gasteiger partial charge is 0.387 e. The van der Waals surface area contributed by atoms with Gasteiger partial charge in [-0.1, -0.05) is 18.1 Å². The standard InChI is InChI=1S/C12H11F2NO2/c1-2-10(16)9-6-11(17-15-9)12-7(13)4-3-5-8(12)14/h3-5,11H,2,6H2,1H3. The summed E-state index contributed by atoms with van der Waals surface area (Å²) in [5.41, 5.74) is 0.0651. The van der Waals surface area contributed by atoms with Crippen LogP contribution in [0.15, 0.2) is 23.4 Å². The molecule has 90 valence electrons. The van der Waals surface area contributed by atoms with Gasteiger partial charge in [-0.3, -0.25) is 4.79 Å². The van der Waals surface area contributed by atoms with Crippen molar-refractivity contribution in [1.82, 2.24) is 0 Å². The fourth-order valence-electron chi connectivity index (χ4n) is 1.72. The Balaban J connectivity index is 2.21. The number of Topliss-reactive ketones (excluding diaryl/α,β-unsaturated/α-hetero) is 1. The Morgan fingerprint density at radius 1 is 1.47 bits per heavy atom. The van der Waals surface area contributed by atoms with Gasteiger partial charge in [0.2, 0.25) is 0 Å². The molecule has 1 atom stereocenters. The van der Waals surface area contributed by atoms with Crippen molar-refractivity contribution in [3.05, 3.63) is 35.4 Å². The Bertz CT molecular complexity index is 465. The Labute approximate surface area is 97.1 Å². The summed E-state index contributed by atoms with van der Waals surface area (Å²) in [6, 6.07) is 3.59. The molecule has 1 aromatic carbocycles. The van der Waals surface area contributed by atoms with Crippen LogP contribution in [0.1, 0.15) is 31.4 Å². The molecule has 1 aliphatic rings. The third kappa shape index (κ3) is 2.18. The zero-order valence-corrected chi connectivity index (χ0v) is 9.24. The van der Waals surface area contributed by atoms with Crippen molar-refractivity contribution in [2.45, 2.75) is 25.9 Å². The fraction of sp³-hybridized carbons (Fsp3) is 0.333. The summed E-state index contributed by atoms with van der Waals surface area (Å²) in [6.07, 6.45) is -0.430. The van der Waals surface area contributed by atoms with Crippen LogP contribution in [0.4, 0.5) is 8.78 Å². The van der Waals surface area contributed by atoms with Gasteiger partial charge in [0.15, 0.2) is 11.9 Å². The SMILES string of the molecule is CCC(=O)C1=NOC(c2c(F)cccc2F)C1. The molecule has 2 rings (SSSR count). The number of ketones is 1. The first-order valence-electron chi connectivity index (χ1n) is 5.33. The van der Waals surface area contributed by atoms with Crippen LogP contribution in [0, 0.1) is 11.6 Å². The van der Waals surface area contributed by atoms with Crippen molar-refractivity contribution in [2.24, 2.45) is 5.16 Å². The zero-order chi connectivity index (χ0) is 12.4. The highest BCUT2D eigenvalue weighted by atomic mass is 19.1. The summed E-state index contributed by atoms with van der Waals surface area (Å²) < 4.78 is 26.9. The summed E-state index contributed by atoms with van der Waals surface area (Å²) in [5, 5.41) is 3.58. The molecule has 1 aromatic rings. The minimum atomic E-state index is -0.846. The topological polar surface area (TPSA) is 38.7 Å². The van der Waals surface area contributed by atoms with Crippen LogP contribution in [0.5, 0.6) is 0 Å². The minimum absolute atomic E-state index is 0.116. The number of carbonyl (C=O) groups excluding carboxylic acids is 1. The molecule has 1 aliphatic heterocycles. The summed E-state index contributed by atoms with van der Waals surface area (Å²) >= 11 is 0. The predicted molar refractivity (Wildman–Crippen MR) is 57.5 cm³/mol. The molecule has 1 heterocycles. The van der Waals surface area contributed by atoms with E-state index < -0.39 is 17.7 Å². The highest BCUT2D eigenvalue weighted by Crippen LogP contribution is 2.31. The van der Waals surface area contributed by atoms with Crippen LogP contribution >= 0.6 is 0 Å². The van der Waals surface area contributed by atoms with E-state index >= 15 is 0 Å². The molecule has 0 saturated carbocycles. The van der Waals surface area contributed by atoms with E-state index in [1.165, 1.54) is 6.07 Å². The van der Waals surface area contributed by atoms with Crippen molar-refractivity contribution in [3.8, 4) is 0 Å². The van der Waals surface area contributed by atoms with Gasteiger partial charge in [0, 0.05) is 12.8 Å². The van der Waals surface area contributed by atoms with Gasteiger partial charge in [0.05, 0.1) is 5.56 Å². The molecule has 0 N–H and O–H groups in total. The van der Waals surface area contributed by atoms with E-state index in [0.717, 1.165) is 12.1 Å². The first-order chi connectivity index (χ1) is 8.13. The second-order valence-electron chi connectivity index (χ2n) is 3.75. The lowest BCUT2D eigenvalue weighted by molar-refractivity contribution is -0.112. The number of rotatable bonds is 3. The molecule has 0 fully saturated rings. The van der Waals surface area contributed by atoms with E-state index in [1.807, 2.05) is 0 Å². The van der Waals surface area contributed by atoms with E-state index in [-0.39, 0.29) is 23.5 Å². The van der Waals surface area contributed by atoms with Gasteiger partial charge in [-0.25, -0.2) is 8.78 Å². The molecule has 17 heavy (non-hydrogen) atoms. The van der Waals surface area contributed by atoms with E-state index in [1.54, 1.807) is 6.92 Å². The Kier molecular flexibility index (Phi) is 3.17. The molecule has 3 nitrogen and oxygen atoms in total. The maximum absolute atomic E-state index is 13.5. The third-order valence-corrected chi connectivity index (χ3v) is 2.63. The molecular weight excluding hydrogens is 228 g/mol. The van der Waals surface area contributed by atoms with Gasteiger partial charge in [-0.15, -0.1) is 0 Å². The van der Waals surface area contributed by atoms with Crippen LogP contribution in [0.2, 0.25) is 0 Å². The van der Waals surface area contributed by atoms with Crippen molar-refractivity contribution in [2.75, 3.05) is 0 Å². The normalized spacial score (nSPS) is 18.8. The van der Waals surface area contributed by atoms with Gasteiger partial charge in [-0.2, -0.15) is 0 Å². The molecule has 0 bridgehead atoms. The van der Waals surface area contributed by atoms with Crippen molar-refractivity contribution in [1.29, 1.82) is 0 Å². The lowest BCUT2D eigenvalue weighted by atomic mass is 10.0. The van der Waals surface area contributed by atoms with E-state index in [4.69, 9.17) is 4.84 Å². The lowest BCUT2D eigenvalue weighted by Gasteiger charge is -2.10. The molecular formula is C12H11F2NO2. The van der Waals surface area contributed by atoms with Gasteiger partial charge in [0.1, 0.15) is 17.3 Å². The summed E-state index contributed by atoms with van der Waals surface area (Å²) in [6.45, 7) is 1.70. The molecule has 1 unspecified atom stereocenters. The monoisotopic (exact) mass is 239 g/mol. The molecule has 0 aromatic heterocycles. The smallest absolute Gasteiger partial charge is 0.180 e. The van der Waals surface area contributed by atoms with Gasteiger partial charge < -0.3 is 4.84 Å². The number of nitrogens with zero attached hydrogens (tertiary/aromatic N) is 1. The van der Waals surface area contributed by atoms with Crippen LogP contribution < -0.4 is 0 Å². The first-order valence-corrected chi connectivity index (χ1v) is 5.33. The Morgan fingerprint density at radius 3 is 2.71 bits per heavy atom. The molecule has 5 heteroatoms. The number of carbonyl (C=O) groups is 1. The first kappa shape index (κ1) is 11.7. The highest BCUT2D eigenvalue weighted by Gasteiger charge is 2.30. The minimum Gasteiger partial charge on any atom is -0.387 e. The molecule has 0 saturated heterocycles. The second kappa shape index (κ2) is 4.61. The van der Waals surface area contributed by atoms with Crippen molar-refractivity contribution in [3.63, 3.8) is 0 Å². The quantitative estimate of drug-likeness (QED) is 0.813. The summed E-state index contributed by atoms with van der Waals surface area (Å²) in [5.74, 6) is -1.53. The van der Waals surface area contributed by atoms with Crippen LogP contribution in [-0.4, -0.2) is 11.5 Å². The van der Waals surface area contributed by atoms with Crippen LogP contribution in [-0.2, 0) is 9.63 Å². The number of benzene rings is 1. The number of oxime groups is 1. The summed E-state index contributed by atoms with van der Waals surface area (Å²) in [4.78, 5) is 16.3. The van der Waals surface area contributed by atoms with E-state index in [9.17, 15) is 13.6 Å². The zero-order valence-electron chi connectivity index (χ0n) is 9.24. The molecule has 0 radical (unpaired) electrons. The maximum Gasteiger partial charge on any atom is 0.180 e. The van der Waals surface area contributed by atoms with Crippen molar-refractivity contribution < 1.29 is 18.4 Å². The average Bonchev–Trinajstić information content (AvgIpc) is 2.77. The number of halogens is 2. The Hall–Kier alpha value is -1.78. The third-order valence-electron chi connectivity index (χ3n) is 2.63. The van der Waals surface area contributed by atoms with E-state index in [0.29, 0.717) is 6.42 Å². The van der Waals surface area contributed by atoms with Crippen molar-refractivity contribution >= 4 is 11.5 Å². The van der Waals surface area contributed by atoms with Crippen LogP contribution in [0.25, 0.3) is 0 Å². The van der Waals surface area contributed by atoms with Crippen LogP contribution in [0.3, 0.4) is 0 Å². The second-order valence-corrected chi connectivity index (χ2v) is 3.75. The predicted octanol–water partition coefficient (Wildman–Crippen LogP) is 2.76. The van der Waals surface area contributed by atoms with Gasteiger partial charge >= 0.3 is 0 Å². The molecule has 0 aliphatic carbocycles. The Morgan fingerprint density at radius 2 is 2.12 bits per heavy atom. The molecule has 0 spiro atoms. The fourth-order valence-corrected chi connectivity index (χ4v) is 1.72. The molecule has 0 amide bonds. The maximum atomic E-state index is 13.5. The number of hydrogen-bond donors (Lipinski definition) is 0. The number of hydrogen-bond acceptors (Lipinski definition) is 3. The highest BCUT2D eigenvalue weighted by molar-refractivity contribution is 6.40. The van der Waals surface area contributed by atoms with E-state index in [2.05, 4.69) is 5.16 Å².